The second kappa shape index (κ2) is 9.62. The van der Waals surface area contributed by atoms with Crippen molar-refractivity contribution in [2.24, 2.45) is 10.9 Å². The molecule has 1 aromatic carbocycles. The molecule has 0 radical (unpaired) electrons. The maximum absolute atomic E-state index is 13.0. The minimum atomic E-state index is -4.92. The molecule has 1 fully saturated rings. The fourth-order valence-corrected chi connectivity index (χ4v) is 4.46. The summed E-state index contributed by atoms with van der Waals surface area (Å²) >= 11 is 6.55. The van der Waals surface area contributed by atoms with Crippen LogP contribution in [0.1, 0.15) is 54.5 Å². The van der Waals surface area contributed by atoms with Gasteiger partial charge in [0.15, 0.2) is 0 Å². The van der Waals surface area contributed by atoms with Gasteiger partial charge in [-0.1, -0.05) is 17.7 Å². The largest absolute Gasteiger partial charge is 0.573 e. The summed E-state index contributed by atoms with van der Waals surface area (Å²) in [6, 6.07) is 6.72. The number of benzene rings is 1. The molecule has 8 nitrogen and oxygen atoms in total. The number of hydrogen-bond acceptors (Lipinski definition) is 7. The number of ether oxygens (including phenoxy) is 2. The fraction of sp³-hybridized carbons (Fsp3) is 0.320. The predicted octanol–water partition coefficient (Wildman–Crippen LogP) is 5.28. The van der Waals surface area contributed by atoms with Crippen LogP contribution in [0, 0.1) is 12.8 Å². The van der Waals surface area contributed by atoms with Crippen molar-refractivity contribution in [1.29, 1.82) is 0 Å². The molecule has 0 N–H and O–H groups in total. The van der Waals surface area contributed by atoms with Crippen LogP contribution in [0.4, 0.5) is 13.2 Å². The predicted molar refractivity (Wildman–Crippen MR) is 126 cm³/mol. The third-order valence-corrected chi connectivity index (χ3v) is 6.26. The lowest BCUT2D eigenvalue weighted by molar-refractivity contribution is -0.274. The van der Waals surface area contributed by atoms with Crippen molar-refractivity contribution >= 4 is 29.3 Å². The molecule has 3 heterocycles. The average molecular weight is 533 g/mol. The lowest BCUT2D eigenvalue weighted by atomic mass is 10.0. The van der Waals surface area contributed by atoms with Crippen molar-refractivity contribution < 1.29 is 32.2 Å². The highest BCUT2D eigenvalue weighted by Crippen LogP contribution is 2.39. The van der Waals surface area contributed by atoms with Crippen LogP contribution in [0.15, 0.2) is 47.7 Å². The molecule has 0 unspecified atom stereocenters. The number of nitrogens with zero attached hydrogens (tertiary/aromatic N) is 4. The van der Waals surface area contributed by atoms with Gasteiger partial charge in [-0.25, -0.2) is 4.98 Å². The zero-order valence-electron chi connectivity index (χ0n) is 19.5. The molecule has 0 bridgehead atoms. The Morgan fingerprint density at radius 3 is 2.65 bits per heavy atom. The normalized spacial score (nSPS) is 16.8. The van der Waals surface area contributed by atoms with E-state index in [1.165, 1.54) is 6.07 Å². The summed E-state index contributed by atoms with van der Waals surface area (Å²) < 4.78 is 49.8. The van der Waals surface area contributed by atoms with Gasteiger partial charge in [0.2, 0.25) is 0 Å². The number of aromatic nitrogens is 3. The second-order valence-electron chi connectivity index (χ2n) is 8.75. The van der Waals surface area contributed by atoms with Gasteiger partial charge in [0.05, 0.1) is 28.0 Å². The number of carbonyl (C=O) groups is 2. The SMILES string of the molecule is Cc1cnc2n1-c1cc(OC(F)(F)F)cc(Cl)c1C(c1ccccn1)=N[C@H]2CCC(=O)OC(=O)C1CC1. The zero-order valence-corrected chi connectivity index (χ0v) is 20.2. The Kier molecular flexibility index (Phi) is 6.49. The van der Waals surface area contributed by atoms with Gasteiger partial charge < -0.3 is 9.47 Å². The Hall–Kier alpha value is -3.73. The summed E-state index contributed by atoms with van der Waals surface area (Å²) in [5.74, 6) is -1.55. The van der Waals surface area contributed by atoms with E-state index in [-0.39, 0.29) is 29.5 Å². The molecular weight excluding hydrogens is 513 g/mol. The Morgan fingerprint density at radius 2 is 1.97 bits per heavy atom. The first-order valence-corrected chi connectivity index (χ1v) is 11.9. The fourth-order valence-electron chi connectivity index (χ4n) is 4.16. The molecule has 2 aliphatic rings. The van der Waals surface area contributed by atoms with Crippen molar-refractivity contribution in [2.75, 3.05) is 0 Å². The van der Waals surface area contributed by atoms with E-state index in [1.807, 2.05) is 0 Å². The number of esters is 2. The standard InChI is InChI=1S/C25H20ClF3N4O4/c1-13-12-31-23-18(7-8-20(34)36-24(35)14-5-6-14)32-22(17-4-2-3-9-30-17)21-16(26)10-15(37-25(27,28)29)11-19(21)33(13)23/h2-4,9-12,14,18H,5-8H2,1H3/t18-/m0/s1. The molecular formula is C25H20ClF3N4O4. The molecule has 0 saturated heterocycles. The van der Waals surface area contributed by atoms with E-state index in [9.17, 15) is 22.8 Å². The van der Waals surface area contributed by atoms with Crippen LogP contribution in [0.5, 0.6) is 5.75 Å². The number of fused-ring (bicyclic) bond motifs is 3. The van der Waals surface area contributed by atoms with Crippen LogP contribution < -0.4 is 4.74 Å². The first kappa shape index (κ1) is 24.9. The number of pyridine rings is 1. The Morgan fingerprint density at radius 1 is 1.19 bits per heavy atom. The molecule has 12 heteroatoms. The van der Waals surface area contributed by atoms with E-state index < -0.39 is 30.1 Å². The molecule has 1 aliphatic carbocycles. The number of aryl methyl sites for hydroxylation is 1. The number of hydrogen-bond donors (Lipinski definition) is 0. The molecule has 2 aromatic heterocycles. The van der Waals surface area contributed by atoms with Gasteiger partial charge in [0.1, 0.15) is 17.6 Å². The van der Waals surface area contributed by atoms with Crippen molar-refractivity contribution in [2.45, 2.75) is 45.0 Å². The minimum absolute atomic E-state index is 0.0321. The van der Waals surface area contributed by atoms with Gasteiger partial charge in [-0.3, -0.25) is 24.1 Å². The van der Waals surface area contributed by atoms with E-state index in [1.54, 1.807) is 42.1 Å². The second-order valence-corrected chi connectivity index (χ2v) is 9.16. The molecule has 0 amide bonds. The number of imidazole rings is 1. The molecule has 1 saturated carbocycles. The van der Waals surface area contributed by atoms with Gasteiger partial charge in [-0.2, -0.15) is 0 Å². The van der Waals surface area contributed by atoms with E-state index >= 15 is 0 Å². The molecule has 1 atom stereocenters. The maximum atomic E-state index is 13.0. The van der Waals surface area contributed by atoms with Gasteiger partial charge in [-0.05, 0) is 44.4 Å². The summed E-state index contributed by atoms with van der Waals surface area (Å²) in [4.78, 5) is 37.9. The first-order valence-electron chi connectivity index (χ1n) is 11.5. The summed E-state index contributed by atoms with van der Waals surface area (Å²) in [5, 5.41) is -0.0321. The van der Waals surface area contributed by atoms with Crippen molar-refractivity contribution in [3.05, 3.63) is 70.5 Å². The highest BCUT2D eigenvalue weighted by molar-refractivity contribution is 6.36. The smallest absolute Gasteiger partial charge is 0.406 e. The Balaban J connectivity index is 1.59. The van der Waals surface area contributed by atoms with E-state index in [4.69, 9.17) is 21.3 Å². The van der Waals surface area contributed by atoms with E-state index in [0.717, 1.165) is 6.07 Å². The van der Waals surface area contributed by atoms with Crippen molar-refractivity contribution in [1.82, 2.24) is 14.5 Å². The van der Waals surface area contributed by atoms with Gasteiger partial charge in [0.25, 0.3) is 0 Å². The number of aliphatic imine (C=N–C) groups is 1. The van der Waals surface area contributed by atoms with Crippen molar-refractivity contribution in [3.63, 3.8) is 0 Å². The third-order valence-electron chi connectivity index (χ3n) is 5.96. The zero-order chi connectivity index (χ0) is 26.3. The number of halogens is 4. The molecule has 1 aliphatic heterocycles. The highest BCUT2D eigenvalue weighted by Gasteiger charge is 2.35. The molecule has 192 valence electrons. The number of rotatable bonds is 6. The highest BCUT2D eigenvalue weighted by atomic mass is 35.5. The quantitative estimate of drug-likeness (QED) is 0.316. The summed E-state index contributed by atoms with van der Waals surface area (Å²) in [6.45, 7) is 1.73. The van der Waals surface area contributed by atoms with Gasteiger partial charge in [-0.15, -0.1) is 13.2 Å². The van der Waals surface area contributed by atoms with E-state index in [0.29, 0.717) is 41.3 Å². The molecule has 3 aromatic rings. The lowest BCUT2D eigenvalue weighted by Gasteiger charge is -2.17. The van der Waals surface area contributed by atoms with Crippen LogP contribution >= 0.6 is 11.6 Å². The molecule has 5 rings (SSSR count). The molecule has 37 heavy (non-hydrogen) atoms. The number of carbonyl (C=O) groups excluding carboxylic acids is 2. The van der Waals surface area contributed by atoms with Crippen LogP contribution in [0.2, 0.25) is 5.02 Å². The summed E-state index contributed by atoms with van der Waals surface area (Å²) in [5.41, 5.74) is 1.96. The van der Waals surface area contributed by atoms with Gasteiger partial charge >= 0.3 is 18.3 Å². The lowest BCUT2D eigenvalue weighted by Crippen LogP contribution is -2.18. The van der Waals surface area contributed by atoms with Crippen LogP contribution in [0.3, 0.4) is 0 Å². The average Bonchev–Trinajstić information content (AvgIpc) is 3.63. The summed E-state index contributed by atoms with van der Waals surface area (Å²) in [6.07, 6.45) is -0.398. The topological polar surface area (TPSA) is 95.7 Å². The first-order chi connectivity index (χ1) is 17.6. The molecule has 0 spiro atoms. The Labute approximate surface area is 214 Å². The third kappa shape index (κ3) is 5.36. The monoisotopic (exact) mass is 532 g/mol. The van der Waals surface area contributed by atoms with E-state index in [2.05, 4.69) is 14.7 Å². The Bertz CT molecular complexity index is 1400. The number of alkyl halides is 3. The van der Waals surface area contributed by atoms with Crippen molar-refractivity contribution in [3.8, 4) is 11.4 Å². The maximum Gasteiger partial charge on any atom is 0.573 e. The minimum Gasteiger partial charge on any atom is -0.406 e. The summed E-state index contributed by atoms with van der Waals surface area (Å²) in [7, 11) is 0. The van der Waals surface area contributed by atoms with Crippen LogP contribution in [-0.2, 0) is 14.3 Å². The van der Waals surface area contributed by atoms with Crippen LogP contribution in [0.25, 0.3) is 5.69 Å². The van der Waals surface area contributed by atoms with Crippen LogP contribution in [-0.4, -0.2) is 38.5 Å². The van der Waals surface area contributed by atoms with Gasteiger partial charge in [0, 0.05) is 36.1 Å².